The molecule has 0 unspecified atom stereocenters. The van der Waals surface area contributed by atoms with Crippen LogP contribution in [0.1, 0.15) is 0 Å². The highest BCUT2D eigenvalue weighted by molar-refractivity contribution is 6.28. The van der Waals surface area contributed by atoms with Gasteiger partial charge < -0.3 is 9.14 Å². The van der Waals surface area contributed by atoms with Crippen LogP contribution in [0.15, 0.2) is 72.8 Å². The molecule has 25 heavy (non-hydrogen) atoms. The maximum Gasteiger partial charge on any atom is 0.119 e. The van der Waals surface area contributed by atoms with E-state index >= 15 is 0 Å². The van der Waals surface area contributed by atoms with Crippen LogP contribution in [0.3, 0.4) is 0 Å². The van der Waals surface area contributed by atoms with Crippen molar-refractivity contribution in [3.8, 4) is 5.75 Å². The lowest BCUT2D eigenvalue weighted by atomic mass is 10.0. The minimum Gasteiger partial charge on any atom is -0.497 e. The molecule has 4 aromatic carbocycles. The largest absolute Gasteiger partial charge is 0.497 e. The first-order valence-electron chi connectivity index (χ1n) is 8.50. The zero-order chi connectivity index (χ0) is 16.5. The van der Waals surface area contributed by atoms with Crippen molar-refractivity contribution in [2.75, 3.05) is 7.11 Å². The predicted octanol–water partition coefficient (Wildman–Crippen LogP) is 6.00. The van der Waals surface area contributed by atoms with E-state index in [1.54, 1.807) is 7.11 Å². The van der Waals surface area contributed by atoms with E-state index in [0.29, 0.717) is 0 Å². The molecule has 2 nitrogen and oxygen atoms in total. The average molecular weight is 321 g/mol. The maximum atomic E-state index is 5.45. The second-order valence-corrected chi connectivity index (χ2v) is 6.60. The molecule has 6 aromatic rings. The SMILES string of the molecule is COc1ccc2c(c1)c1cccc3c4c5ccccc5ccc4n2c13. The van der Waals surface area contributed by atoms with Crippen LogP contribution in [0.25, 0.3) is 48.9 Å². The Morgan fingerprint density at radius 1 is 0.680 bits per heavy atom. The molecule has 0 saturated carbocycles. The molecule has 0 fully saturated rings. The van der Waals surface area contributed by atoms with Crippen molar-refractivity contribution in [3.05, 3.63) is 72.8 Å². The van der Waals surface area contributed by atoms with E-state index in [2.05, 4.69) is 71.1 Å². The van der Waals surface area contributed by atoms with Gasteiger partial charge in [0.15, 0.2) is 0 Å². The highest BCUT2D eigenvalue weighted by atomic mass is 16.5. The number of methoxy groups -OCH3 is 1. The van der Waals surface area contributed by atoms with E-state index in [1.807, 2.05) is 6.07 Å². The highest BCUT2D eigenvalue weighted by Gasteiger charge is 2.18. The minimum absolute atomic E-state index is 0.899. The van der Waals surface area contributed by atoms with Gasteiger partial charge in [-0.25, -0.2) is 0 Å². The highest BCUT2D eigenvalue weighted by Crippen LogP contribution is 2.42. The Morgan fingerprint density at radius 2 is 1.48 bits per heavy atom. The number of para-hydroxylation sites is 1. The number of ether oxygens (including phenoxy) is 1. The van der Waals surface area contributed by atoms with Gasteiger partial charge in [-0.05, 0) is 35.0 Å². The molecule has 6 rings (SSSR count). The Hall–Kier alpha value is -3.26. The van der Waals surface area contributed by atoms with Gasteiger partial charge in [0.05, 0.1) is 23.7 Å². The van der Waals surface area contributed by atoms with Gasteiger partial charge in [-0.3, -0.25) is 0 Å². The monoisotopic (exact) mass is 321 g/mol. The summed E-state index contributed by atoms with van der Waals surface area (Å²) >= 11 is 0. The summed E-state index contributed by atoms with van der Waals surface area (Å²) in [5, 5.41) is 7.80. The fourth-order valence-corrected chi connectivity index (χ4v) is 4.36. The molecule has 0 atom stereocenters. The molecule has 0 bridgehead atoms. The van der Waals surface area contributed by atoms with Crippen LogP contribution >= 0.6 is 0 Å². The Kier molecular flexibility index (Phi) is 2.31. The van der Waals surface area contributed by atoms with Gasteiger partial charge in [0.25, 0.3) is 0 Å². The molecule has 0 radical (unpaired) electrons. The molecule has 2 heterocycles. The number of fused-ring (bicyclic) bond motifs is 8. The number of benzene rings is 4. The van der Waals surface area contributed by atoms with Crippen molar-refractivity contribution in [1.29, 1.82) is 0 Å². The molecular weight excluding hydrogens is 306 g/mol. The van der Waals surface area contributed by atoms with Crippen LogP contribution in [-0.4, -0.2) is 11.5 Å². The Morgan fingerprint density at radius 3 is 2.40 bits per heavy atom. The second kappa shape index (κ2) is 4.42. The Labute approximate surface area is 144 Å². The van der Waals surface area contributed by atoms with Crippen molar-refractivity contribution in [2.45, 2.75) is 0 Å². The maximum absolute atomic E-state index is 5.45. The molecule has 118 valence electrons. The molecular formula is C23H15NO. The van der Waals surface area contributed by atoms with Gasteiger partial charge >= 0.3 is 0 Å². The number of aromatic nitrogens is 1. The zero-order valence-electron chi connectivity index (χ0n) is 13.8. The summed E-state index contributed by atoms with van der Waals surface area (Å²) in [6.07, 6.45) is 0. The average Bonchev–Trinajstić information content (AvgIpc) is 3.19. The molecule has 2 aromatic heterocycles. The fraction of sp³-hybridized carbons (Fsp3) is 0.0435. The smallest absolute Gasteiger partial charge is 0.119 e. The van der Waals surface area contributed by atoms with Gasteiger partial charge in [0, 0.05) is 21.5 Å². The van der Waals surface area contributed by atoms with Crippen LogP contribution in [0.5, 0.6) is 5.75 Å². The topological polar surface area (TPSA) is 13.6 Å². The first-order chi connectivity index (χ1) is 12.4. The number of nitrogens with zero attached hydrogens (tertiary/aromatic N) is 1. The molecule has 0 amide bonds. The van der Waals surface area contributed by atoms with Gasteiger partial charge in [0.1, 0.15) is 5.75 Å². The Bertz CT molecular complexity index is 1420. The van der Waals surface area contributed by atoms with Crippen molar-refractivity contribution >= 4 is 48.9 Å². The van der Waals surface area contributed by atoms with Crippen molar-refractivity contribution in [1.82, 2.24) is 4.40 Å². The summed E-state index contributed by atoms with van der Waals surface area (Å²) in [4.78, 5) is 0. The quantitative estimate of drug-likeness (QED) is 0.362. The van der Waals surface area contributed by atoms with Gasteiger partial charge in [0.2, 0.25) is 0 Å². The van der Waals surface area contributed by atoms with Crippen molar-refractivity contribution in [3.63, 3.8) is 0 Å². The summed E-state index contributed by atoms with van der Waals surface area (Å²) in [7, 11) is 1.72. The van der Waals surface area contributed by atoms with Crippen LogP contribution in [0.2, 0.25) is 0 Å². The van der Waals surface area contributed by atoms with Crippen molar-refractivity contribution < 1.29 is 4.74 Å². The summed E-state index contributed by atoms with van der Waals surface area (Å²) < 4.78 is 7.85. The third-order valence-electron chi connectivity index (χ3n) is 5.41. The molecule has 2 heteroatoms. The second-order valence-electron chi connectivity index (χ2n) is 6.60. The molecule has 0 aliphatic rings. The Balaban J connectivity index is 1.98. The lowest BCUT2D eigenvalue weighted by Crippen LogP contribution is -1.84. The summed E-state index contributed by atoms with van der Waals surface area (Å²) in [5.41, 5.74) is 3.81. The summed E-state index contributed by atoms with van der Waals surface area (Å²) in [6.45, 7) is 0. The van der Waals surface area contributed by atoms with E-state index in [4.69, 9.17) is 4.74 Å². The van der Waals surface area contributed by atoms with E-state index < -0.39 is 0 Å². The van der Waals surface area contributed by atoms with Crippen LogP contribution in [-0.2, 0) is 0 Å². The van der Waals surface area contributed by atoms with Crippen LogP contribution in [0, 0.1) is 0 Å². The van der Waals surface area contributed by atoms with Gasteiger partial charge in [-0.1, -0.05) is 48.5 Å². The fourth-order valence-electron chi connectivity index (χ4n) is 4.36. The third-order valence-corrected chi connectivity index (χ3v) is 5.41. The number of hydrogen-bond donors (Lipinski definition) is 0. The molecule has 0 aliphatic carbocycles. The predicted molar refractivity (Wildman–Crippen MR) is 105 cm³/mol. The molecule has 0 spiro atoms. The van der Waals surface area contributed by atoms with E-state index in [0.717, 1.165) is 5.75 Å². The van der Waals surface area contributed by atoms with E-state index in [1.165, 1.54) is 48.9 Å². The standard InChI is InChI=1S/C23H15NO/c1-25-15-10-12-20-19(13-15)17-7-4-8-18-22-16-6-3-2-5-14(16)9-11-21(22)24(20)23(17)18/h2-13H,1H3. The zero-order valence-corrected chi connectivity index (χ0v) is 13.8. The van der Waals surface area contributed by atoms with Crippen LogP contribution in [0.4, 0.5) is 0 Å². The van der Waals surface area contributed by atoms with E-state index in [-0.39, 0.29) is 0 Å². The lowest BCUT2D eigenvalue weighted by Gasteiger charge is -2.03. The lowest BCUT2D eigenvalue weighted by molar-refractivity contribution is 0.415. The molecule has 0 saturated heterocycles. The third kappa shape index (κ3) is 1.50. The number of hydrogen-bond acceptors (Lipinski definition) is 1. The van der Waals surface area contributed by atoms with E-state index in [9.17, 15) is 0 Å². The number of rotatable bonds is 1. The van der Waals surface area contributed by atoms with Gasteiger partial charge in [-0.2, -0.15) is 0 Å². The first-order valence-corrected chi connectivity index (χ1v) is 8.50. The minimum atomic E-state index is 0.899. The summed E-state index contributed by atoms with van der Waals surface area (Å²) in [5.74, 6) is 0.899. The molecule has 0 N–H and O–H groups in total. The van der Waals surface area contributed by atoms with Gasteiger partial charge in [-0.15, -0.1) is 0 Å². The summed E-state index contributed by atoms with van der Waals surface area (Å²) in [6, 6.07) is 26.1. The van der Waals surface area contributed by atoms with Crippen molar-refractivity contribution in [2.24, 2.45) is 0 Å². The van der Waals surface area contributed by atoms with Crippen LogP contribution < -0.4 is 4.74 Å². The normalized spacial score (nSPS) is 12.2. The first kappa shape index (κ1) is 13.1. The molecule has 0 aliphatic heterocycles.